The number of azide groups is 1. The van der Waals surface area contributed by atoms with Crippen molar-refractivity contribution in [3.05, 3.63) is 129 Å². The molecule has 10 heteroatoms. The van der Waals surface area contributed by atoms with Gasteiger partial charge < -0.3 is 14.9 Å². The summed E-state index contributed by atoms with van der Waals surface area (Å²) in [4.78, 5) is 25.2. The zero-order valence-corrected chi connectivity index (χ0v) is 21.5. The second-order valence-corrected chi connectivity index (χ2v) is 8.82. The van der Waals surface area contributed by atoms with Crippen LogP contribution in [0.2, 0.25) is 0 Å². The molecule has 0 saturated carbocycles. The fourth-order valence-electron chi connectivity index (χ4n) is 4.01. The number of nitrogens with zero attached hydrogens (tertiary/aromatic N) is 5. The molecule has 38 heavy (non-hydrogen) atoms. The van der Waals surface area contributed by atoms with Gasteiger partial charge in [-0.2, -0.15) is 0 Å². The fraction of sp³-hybridized carbons (Fsp3) is 0.179. The monoisotopic (exact) mass is 526 g/mol. The van der Waals surface area contributed by atoms with Gasteiger partial charge in [-0.1, -0.05) is 101 Å². The van der Waals surface area contributed by atoms with Crippen LogP contribution in [-0.4, -0.2) is 36.4 Å². The Kier molecular flexibility index (Phi) is 9.07. The van der Waals surface area contributed by atoms with Gasteiger partial charge >= 0.3 is 5.97 Å². The van der Waals surface area contributed by atoms with E-state index in [0.717, 1.165) is 16.7 Å². The Labute approximate surface area is 224 Å². The first-order valence-electron chi connectivity index (χ1n) is 12.0. The number of nitrogens with one attached hydrogen (secondary N) is 1. The number of benzene rings is 3. The summed E-state index contributed by atoms with van der Waals surface area (Å²) in [5, 5.41) is 13.3. The second-order valence-electron chi connectivity index (χ2n) is 7.96. The minimum atomic E-state index is -0.772. The molecule has 4 aromatic rings. The first kappa shape index (κ1) is 26.4. The number of esters is 1. The van der Waals surface area contributed by atoms with Crippen molar-refractivity contribution < 1.29 is 14.4 Å². The summed E-state index contributed by atoms with van der Waals surface area (Å²) >= 11 is 1.34. The van der Waals surface area contributed by atoms with Crippen molar-refractivity contribution in [2.45, 2.75) is 12.5 Å². The molecule has 1 heterocycles. The van der Waals surface area contributed by atoms with Crippen molar-refractivity contribution >= 4 is 28.1 Å². The van der Waals surface area contributed by atoms with Crippen LogP contribution < -0.4 is 5.32 Å². The zero-order chi connectivity index (χ0) is 26.6. The topological polar surface area (TPSA) is 122 Å². The third-order valence-corrected chi connectivity index (χ3v) is 6.39. The predicted molar refractivity (Wildman–Crippen MR) is 148 cm³/mol. The minimum Gasteiger partial charge on any atom is -0.461 e. The maximum Gasteiger partial charge on any atom is 0.362 e. The van der Waals surface area contributed by atoms with E-state index in [-0.39, 0.29) is 25.5 Å². The second kappa shape index (κ2) is 13.0. The maximum absolute atomic E-state index is 12.7. The fourth-order valence-corrected chi connectivity index (χ4v) is 4.76. The summed E-state index contributed by atoms with van der Waals surface area (Å²) in [5.74, 6) is -0.659. The molecule has 1 N–H and O–H groups in total. The third-order valence-electron chi connectivity index (χ3n) is 5.63. The SMILES string of the molecule is CCOC(=O)/C(=N\OCCN=[N+]=[N-])c1csc(NC(c2ccccc2)(c2ccccc2)c2ccccc2)n1. The highest BCUT2D eigenvalue weighted by molar-refractivity contribution is 7.14. The zero-order valence-electron chi connectivity index (χ0n) is 20.7. The quantitative estimate of drug-likeness (QED) is 0.0347. The molecule has 0 aliphatic heterocycles. The number of ether oxygens (including phenoxy) is 1. The molecule has 0 saturated heterocycles. The maximum atomic E-state index is 12.7. The summed E-state index contributed by atoms with van der Waals surface area (Å²) in [6, 6.07) is 30.4. The van der Waals surface area contributed by atoms with E-state index in [1.807, 2.05) is 54.6 Å². The molecular formula is C28H26N6O3S. The van der Waals surface area contributed by atoms with Crippen molar-refractivity contribution in [2.24, 2.45) is 10.3 Å². The summed E-state index contributed by atoms with van der Waals surface area (Å²) in [6.45, 7) is 1.97. The number of carbonyl (C=O) groups excluding carboxylic acids is 1. The average molecular weight is 527 g/mol. The van der Waals surface area contributed by atoms with E-state index in [4.69, 9.17) is 20.1 Å². The van der Waals surface area contributed by atoms with E-state index in [9.17, 15) is 4.79 Å². The van der Waals surface area contributed by atoms with Gasteiger partial charge in [0.05, 0.1) is 13.2 Å². The largest absolute Gasteiger partial charge is 0.461 e. The first-order chi connectivity index (χ1) is 18.7. The van der Waals surface area contributed by atoms with Crippen LogP contribution in [0.15, 0.2) is 107 Å². The van der Waals surface area contributed by atoms with Crippen LogP contribution in [0.1, 0.15) is 29.3 Å². The van der Waals surface area contributed by atoms with E-state index in [1.165, 1.54) is 11.3 Å². The Morgan fingerprint density at radius 3 is 2.03 bits per heavy atom. The first-order valence-corrected chi connectivity index (χ1v) is 12.9. The highest BCUT2D eigenvalue weighted by Gasteiger charge is 2.37. The summed E-state index contributed by atoms with van der Waals surface area (Å²) in [7, 11) is 0. The van der Waals surface area contributed by atoms with E-state index >= 15 is 0 Å². The summed E-state index contributed by atoms with van der Waals surface area (Å²) < 4.78 is 5.17. The predicted octanol–water partition coefficient (Wildman–Crippen LogP) is 6.14. The molecule has 9 nitrogen and oxygen atoms in total. The van der Waals surface area contributed by atoms with Crippen molar-refractivity contribution in [2.75, 3.05) is 25.1 Å². The van der Waals surface area contributed by atoms with Crippen LogP contribution in [0, 0.1) is 0 Å². The lowest BCUT2D eigenvalue weighted by molar-refractivity contribution is -0.135. The number of carbonyl (C=O) groups is 1. The number of thiazole rings is 1. The van der Waals surface area contributed by atoms with Crippen molar-refractivity contribution in [1.82, 2.24) is 4.98 Å². The van der Waals surface area contributed by atoms with E-state index in [2.05, 4.69) is 56.9 Å². The van der Waals surface area contributed by atoms with E-state index in [0.29, 0.717) is 10.8 Å². The third kappa shape index (κ3) is 6.00. The molecule has 0 aliphatic rings. The molecular weight excluding hydrogens is 500 g/mol. The minimum absolute atomic E-state index is 0.0152. The molecule has 0 unspecified atom stereocenters. The van der Waals surface area contributed by atoms with Crippen molar-refractivity contribution in [3.8, 4) is 0 Å². The van der Waals surface area contributed by atoms with Gasteiger partial charge in [-0.3, -0.25) is 0 Å². The van der Waals surface area contributed by atoms with Crippen molar-refractivity contribution in [1.29, 1.82) is 0 Å². The van der Waals surface area contributed by atoms with Gasteiger partial charge in [0.2, 0.25) is 5.71 Å². The smallest absolute Gasteiger partial charge is 0.362 e. The van der Waals surface area contributed by atoms with Crippen LogP contribution in [0.3, 0.4) is 0 Å². The number of aromatic nitrogens is 1. The Morgan fingerprint density at radius 2 is 1.53 bits per heavy atom. The van der Waals surface area contributed by atoms with Crippen LogP contribution in [-0.2, 0) is 19.9 Å². The highest BCUT2D eigenvalue weighted by Crippen LogP contribution is 2.40. The van der Waals surface area contributed by atoms with Gasteiger partial charge in [0.15, 0.2) is 5.13 Å². The average Bonchev–Trinajstić information content (AvgIpc) is 3.43. The molecule has 0 atom stereocenters. The molecule has 3 aromatic carbocycles. The van der Waals surface area contributed by atoms with Gasteiger partial charge in [0.25, 0.3) is 0 Å². The number of anilines is 1. The van der Waals surface area contributed by atoms with Crippen LogP contribution >= 0.6 is 11.3 Å². The van der Waals surface area contributed by atoms with Gasteiger partial charge in [-0.25, -0.2) is 9.78 Å². The normalized spacial score (nSPS) is 11.3. The Balaban J connectivity index is 1.77. The van der Waals surface area contributed by atoms with Gasteiger partial charge in [-0.15, -0.1) is 11.3 Å². The number of hydrogen-bond donors (Lipinski definition) is 1. The van der Waals surface area contributed by atoms with Crippen molar-refractivity contribution in [3.63, 3.8) is 0 Å². The summed E-state index contributed by atoms with van der Waals surface area (Å²) in [5.41, 5.74) is 11.0. The Morgan fingerprint density at radius 1 is 0.974 bits per heavy atom. The van der Waals surface area contributed by atoms with Crippen LogP contribution in [0.4, 0.5) is 5.13 Å². The molecule has 0 bridgehead atoms. The molecule has 0 spiro atoms. The molecule has 0 aliphatic carbocycles. The van der Waals surface area contributed by atoms with Crippen LogP contribution in [0.5, 0.6) is 0 Å². The lowest BCUT2D eigenvalue weighted by Crippen LogP contribution is -2.38. The van der Waals surface area contributed by atoms with E-state index < -0.39 is 11.5 Å². The highest BCUT2D eigenvalue weighted by atomic mass is 32.1. The molecule has 4 rings (SSSR count). The number of rotatable bonds is 12. The van der Waals surface area contributed by atoms with Gasteiger partial charge in [-0.05, 0) is 29.1 Å². The van der Waals surface area contributed by atoms with Gasteiger partial charge in [0, 0.05) is 10.3 Å². The van der Waals surface area contributed by atoms with Gasteiger partial charge in [0.1, 0.15) is 17.8 Å². The Bertz CT molecular complexity index is 1310. The molecule has 192 valence electrons. The number of oxime groups is 1. The van der Waals surface area contributed by atoms with E-state index in [1.54, 1.807) is 12.3 Å². The summed E-state index contributed by atoms with van der Waals surface area (Å²) in [6.07, 6.45) is 0. The Hall–Kier alpha value is -4.66. The van der Waals surface area contributed by atoms with Crippen LogP contribution in [0.25, 0.3) is 10.4 Å². The molecule has 0 radical (unpaired) electrons. The molecule has 1 aromatic heterocycles. The standard InChI is InChI=1S/C28H26N6O3S/c1-2-36-26(35)25(33-37-19-18-30-34-29)24-20-38-27(31-24)32-28(21-12-6-3-7-13-21,22-14-8-4-9-15-22)23-16-10-5-11-17-23/h3-17,20H,2,18-19H2,1H3,(H,31,32)/b33-25-. The lowest BCUT2D eigenvalue weighted by atomic mass is 9.77. The molecule has 0 amide bonds. The molecule has 0 fully saturated rings. The number of hydrogen-bond acceptors (Lipinski definition) is 8. The lowest BCUT2D eigenvalue weighted by Gasteiger charge is -2.36.